The number of hydrogen-bond donors (Lipinski definition) is 1. The van der Waals surface area contributed by atoms with Crippen LogP contribution in [0.4, 0.5) is 5.69 Å². The van der Waals surface area contributed by atoms with Crippen LogP contribution in [-0.4, -0.2) is 27.2 Å². The molecule has 2 rings (SSSR count). The van der Waals surface area contributed by atoms with E-state index >= 15 is 0 Å². The van der Waals surface area contributed by atoms with Crippen LogP contribution in [0.25, 0.3) is 6.08 Å². The summed E-state index contributed by atoms with van der Waals surface area (Å²) >= 11 is 3.39. The van der Waals surface area contributed by atoms with Crippen LogP contribution in [0.1, 0.15) is 5.56 Å². The Labute approximate surface area is 149 Å². The molecule has 0 bridgehead atoms. The molecule has 0 aliphatic carbocycles. The van der Waals surface area contributed by atoms with Crippen LogP contribution in [0.15, 0.2) is 46.9 Å². The zero-order valence-electron chi connectivity index (χ0n) is 13.6. The molecule has 6 heteroatoms. The Bertz CT molecular complexity index is 759. The maximum absolute atomic E-state index is 12.1. The first kappa shape index (κ1) is 17.9. The fourth-order valence-electron chi connectivity index (χ4n) is 2.09. The van der Waals surface area contributed by atoms with Crippen molar-refractivity contribution >= 4 is 33.6 Å². The summed E-state index contributed by atoms with van der Waals surface area (Å²) in [5.74, 6) is 1.45. The van der Waals surface area contributed by atoms with Crippen molar-refractivity contribution in [1.29, 1.82) is 0 Å². The molecule has 126 valence electrons. The van der Waals surface area contributed by atoms with Gasteiger partial charge in [-0.1, -0.05) is 12.1 Å². The number of carbonyl (C=O) groups is 1. The summed E-state index contributed by atoms with van der Waals surface area (Å²) in [7, 11) is 4.66. The molecule has 0 saturated heterocycles. The molecule has 0 aromatic heterocycles. The van der Waals surface area contributed by atoms with Crippen molar-refractivity contribution in [2.24, 2.45) is 0 Å². The molecule has 0 fully saturated rings. The van der Waals surface area contributed by atoms with Gasteiger partial charge in [0.15, 0.2) is 11.5 Å². The molecule has 0 aliphatic heterocycles. The van der Waals surface area contributed by atoms with E-state index in [2.05, 4.69) is 21.2 Å². The van der Waals surface area contributed by atoms with Crippen LogP contribution in [0.5, 0.6) is 17.2 Å². The van der Waals surface area contributed by atoms with Crippen LogP contribution in [0, 0.1) is 0 Å². The van der Waals surface area contributed by atoms with Crippen LogP contribution in [0.3, 0.4) is 0 Å². The van der Waals surface area contributed by atoms with Crippen molar-refractivity contribution in [2.45, 2.75) is 0 Å². The number of methoxy groups -OCH3 is 3. The molecule has 24 heavy (non-hydrogen) atoms. The Morgan fingerprint density at radius 1 is 1.00 bits per heavy atom. The topological polar surface area (TPSA) is 56.8 Å². The monoisotopic (exact) mass is 391 g/mol. The Morgan fingerprint density at radius 3 is 2.25 bits per heavy atom. The molecule has 0 atom stereocenters. The standard InChI is InChI=1S/C18H18BrNO4/c1-22-15-11-17(24-3)16(23-2)10-12(15)8-9-18(21)20-14-7-5-4-6-13(14)19/h4-11H,1-3H3,(H,20,21). The van der Waals surface area contributed by atoms with E-state index in [9.17, 15) is 4.79 Å². The van der Waals surface area contributed by atoms with Gasteiger partial charge in [0.1, 0.15) is 5.75 Å². The summed E-state index contributed by atoms with van der Waals surface area (Å²) in [6, 6.07) is 10.9. The molecule has 1 N–H and O–H groups in total. The Hall–Kier alpha value is -2.47. The highest BCUT2D eigenvalue weighted by atomic mass is 79.9. The van der Waals surface area contributed by atoms with Gasteiger partial charge in [0.25, 0.3) is 0 Å². The van der Waals surface area contributed by atoms with E-state index in [4.69, 9.17) is 14.2 Å². The van der Waals surface area contributed by atoms with Gasteiger partial charge in [-0.2, -0.15) is 0 Å². The van der Waals surface area contributed by atoms with Gasteiger partial charge in [-0.15, -0.1) is 0 Å². The summed E-state index contributed by atoms with van der Waals surface area (Å²) < 4.78 is 16.7. The predicted molar refractivity (Wildman–Crippen MR) is 97.9 cm³/mol. The first-order chi connectivity index (χ1) is 11.6. The second kappa shape index (κ2) is 8.40. The van der Waals surface area contributed by atoms with Gasteiger partial charge in [-0.25, -0.2) is 0 Å². The summed E-state index contributed by atoms with van der Waals surface area (Å²) in [6.45, 7) is 0. The average molecular weight is 392 g/mol. The minimum Gasteiger partial charge on any atom is -0.496 e. The SMILES string of the molecule is COc1cc(OC)c(OC)cc1C=CC(=O)Nc1ccccc1Br. The van der Waals surface area contributed by atoms with Crippen molar-refractivity contribution in [3.8, 4) is 17.2 Å². The second-order valence-corrected chi connectivity index (χ2v) is 5.61. The number of para-hydroxylation sites is 1. The van der Waals surface area contributed by atoms with E-state index in [0.717, 1.165) is 4.47 Å². The number of ether oxygens (including phenoxy) is 3. The molecule has 2 aromatic rings. The van der Waals surface area contributed by atoms with E-state index in [1.165, 1.54) is 6.08 Å². The minimum absolute atomic E-state index is 0.251. The van der Waals surface area contributed by atoms with Gasteiger partial charge >= 0.3 is 0 Å². The fourth-order valence-corrected chi connectivity index (χ4v) is 2.47. The quantitative estimate of drug-likeness (QED) is 0.752. The zero-order chi connectivity index (χ0) is 17.5. The summed E-state index contributed by atoms with van der Waals surface area (Å²) in [5.41, 5.74) is 1.41. The first-order valence-electron chi connectivity index (χ1n) is 7.12. The summed E-state index contributed by atoms with van der Waals surface area (Å²) in [5, 5.41) is 2.80. The third kappa shape index (κ3) is 4.29. The predicted octanol–water partition coefficient (Wildman–Crippen LogP) is 4.13. The third-order valence-corrected chi connectivity index (χ3v) is 3.97. The van der Waals surface area contributed by atoms with Gasteiger partial charge in [0.2, 0.25) is 5.91 Å². The number of rotatable bonds is 6. The molecule has 1 amide bonds. The molecule has 2 aromatic carbocycles. The largest absolute Gasteiger partial charge is 0.496 e. The molecule has 0 spiro atoms. The number of nitrogens with one attached hydrogen (secondary N) is 1. The number of halogens is 1. The summed E-state index contributed by atoms with van der Waals surface area (Å²) in [6.07, 6.45) is 3.09. The van der Waals surface area contributed by atoms with Crippen molar-refractivity contribution in [1.82, 2.24) is 0 Å². The van der Waals surface area contributed by atoms with Gasteiger partial charge in [0.05, 0.1) is 27.0 Å². The lowest BCUT2D eigenvalue weighted by atomic mass is 10.1. The van der Waals surface area contributed by atoms with Crippen LogP contribution in [-0.2, 0) is 4.79 Å². The zero-order valence-corrected chi connectivity index (χ0v) is 15.2. The van der Waals surface area contributed by atoms with Gasteiger partial charge < -0.3 is 19.5 Å². The number of hydrogen-bond acceptors (Lipinski definition) is 4. The average Bonchev–Trinajstić information content (AvgIpc) is 2.61. The second-order valence-electron chi connectivity index (χ2n) is 4.75. The summed E-state index contributed by atoms with van der Waals surface area (Å²) in [4.78, 5) is 12.1. The smallest absolute Gasteiger partial charge is 0.248 e. The van der Waals surface area contributed by atoms with Crippen molar-refractivity contribution in [3.05, 3.63) is 52.5 Å². The molecular weight excluding hydrogens is 374 g/mol. The highest BCUT2D eigenvalue weighted by molar-refractivity contribution is 9.10. The van der Waals surface area contributed by atoms with Crippen molar-refractivity contribution in [2.75, 3.05) is 26.6 Å². The van der Waals surface area contributed by atoms with E-state index < -0.39 is 0 Å². The van der Waals surface area contributed by atoms with Gasteiger partial charge in [-0.05, 0) is 40.2 Å². The van der Waals surface area contributed by atoms with Crippen LogP contribution < -0.4 is 19.5 Å². The molecule has 0 aliphatic rings. The van der Waals surface area contributed by atoms with Crippen molar-refractivity contribution in [3.63, 3.8) is 0 Å². The minimum atomic E-state index is -0.251. The molecule has 5 nitrogen and oxygen atoms in total. The maximum atomic E-state index is 12.1. The van der Waals surface area contributed by atoms with E-state index in [1.807, 2.05) is 24.3 Å². The fraction of sp³-hybridized carbons (Fsp3) is 0.167. The Balaban J connectivity index is 2.21. The maximum Gasteiger partial charge on any atom is 0.248 e. The number of carbonyl (C=O) groups excluding carboxylic acids is 1. The molecule has 0 radical (unpaired) electrons. The molecule has 0 heterocycles. The first-order valence-corrected chi connectivity index (χ1v) is 7.92. The van der Waals surface area contributed by atoms with E-state index in [0.29, 0.717) is 28.5 Å². The highest BCUT2D eigenvalue weighted by Gasteiger charge is 2.10. The van der Waals surface area contributed by atoms with Gasteiger partial charge in [-0.3, -0.25) is 4.79 Å². The Kier molecular flexibility index (Phi) is 6.26. The van der Waals surface area contributed by atoms with Crippen molar-refractivity contribution < 1.29 is 19.0 Å². The molecule has 0 unspecified atom stereocenters. The number of benzene rings is 2. The van der Waals surface area contributed by atoms with E-state index in [-0.39, 0.29) is 5.91 Å². The molecule has 0 saturated carbocycles. The molecular formula is C18H18BrNO4. The van der Waals surface area contributed by atoms with Gasteiger partial charge in [0, 0.05) is 22.2 Å². The highest BCUT2D eigenvalue weighted by Crippen LogP contribution is 2.35. The normalized spacial score (nSPS) is 10.5. The number of anilines is 1. The van der Waals surface area contributed by atoms with E-state index in [1.54, 1.807) is 39.5 Å². The lowest BCUT2D eigenvalue weighted by Gasteiger charge is -2.12. The third-order valence-electron chi connectivity index (χ3n) is 3.28. The number of amides is 1. The lowest BCUT2D eigenvalue weighted by molar-refractivity contribution is -0.111. The van der Waals surface area contributed by atoms with Crippen LogP contribution in [0.2, 0.25) is 0 Å². The lowest BCUT2D eigenvalue weighted by Crippen LogP contribution is -2.08. The van der Waals surface area contributed by atoms with Crippen LogP contribution >= 0.6 is 15.9 Å². The Morgan fingerprint density at radius 2 is 1.62 bits per heavy atom.